The van der Waals surface area contributed by atoms with Gasteiger partial charge in [-0.2, -0.15) is 5.10 Å². The van der Waals surface area contributed by atoms with Gasteiger partial charge >= 0.3 is 0 Å². The molecular formula is C9H13BrN2O. The number of hydrogen-bond donors (Lipinski definition) is 0. The molecule has 1 aromatic rings. The Morgan fingerprint density at radius 3 is 2.92 bits per heavy atom. The zero-order valence-electron chi connectivity index (χ0n) is 7.83. The van der Waals surface area contributed by atoms with Gasteiger partial charge in [-0.25, -0.2) is 0 Å². The van der Waals surface area contributed by atoms with E-state index in [-0.39, 0.29) is 10.6 Å². The van der Waals surface area contributed by atoms with Crippen molar-refractivity contribution in [3.05, 3.63) is 18.0 Å². The number of carbonyl (C=O) groups excluding carboxylic acids is 1. The Morgan fingerprint density at radius 2 is 2.46 bits per heavy atom. The van der Waals surface area contributed by atoms with Crippen LogP contribution in [0.3, 0.4) is 0 Å². The highest BCUT2D eigenvalue weighted by atomic mass is 79.9. The summed E-state index contributed by atoms with van der Waals surface area (Å²) >= 11 is 3.36. The first kappa shape index (κ1) is 10.4. The Hall–Kier alpha value is -0.640. The fourth-order valence-corrected chi connectivity index (χ4v) is 1.82. The van der Waals surface area contributed by atoms with Gasteiger partial charge in [0.15, 0.2) is 0 Å². The molecule has 0 spiro atoms. The summed E-state index contributed by atoms with van der Waals surface area (Å²) in [4.78, 5) is 11.2. The van der Waals surface area contributed by atoms with E-state index in [0.717, 1.165) is 12.0 Å². The van der Waals surface area contributed by atoms with Crippen LogP contribution in [-0.4, -0.2) is 20.4 Å². The summed E-state index contributed by atoms with van der Waals surface area (Å²) < 4.78 is 1.74. The molecule has 0 bridgehead atoms. The zero-order chi connectivity index (χ0) is 9.84. The number of aromatic nitrogens is 2. The van der Waals surface area contributed by atoms with E-state index in [1.807, 2.05) is 20.2 Å². The molecule has 0 saturated heterocycles. The second-order valence-electron chi connectivity index (χ2n) is 3.01. The summed E-state index contributed by atoms with van der Waals surface area (Å²) in [6, 6.07) is 0. The lowest BCUT2D eigenvalue weighted by Gasteiger charge is -2.04. The van der Waals surface area contributed by atoms with E-state index in [0.29, 0.717) is 6.42 Å². The first-order valence-corrected chi connectivity index (χ1v) is 5.19. The Bertz CT molecular complexity index is 296. The molecule has 1 rings (SSSR count). The molecule has 13 heavy (non-hydrogen) atoms. The van der Waals surface area contributed by atoms with Crippen molar-refractivity contribution in [1.29, 1.82) is 0 Å². The Morgan fingerprint density at radius 1 is 1.77 bits per heavy atom. The Kier molecular flexibility index (Phi) is 3.66. The molecule has 3 nitrogen and oxygen atoms in total. The van der Waals surface area contributed by atoms with E-state index in [2.05, 4.69) is 21.0 Å². The van der Waals surface area contributed by atoms with Crippen LogP contribution in [0.1, 0.15) is 18.9 Å². The van der Waals surface area contributed by atoms with Crippen LogP contribution in [0.5, 0.6) is 0 Å². The second-order valence-corrected chi connectivity index (χ2v) is 4.12. The lowest BCUT2D eigenvalue weighted by molar-refractivity contribution is -0.118. The molecule has 0 aliphatic carbocycles. The first-order valence-electron chi connectivity index (χ1n) is 4.27. The molecule has 72 valence electrons. The third-order valence-electron chi connectivity index (χ3n) is 1.87. The maximum Gasteiger partial charge on any atom is 0.146 e. The quantitative estimate of drug-likeness (QED) is 0.757. The number of nitrogens with zero attached hydrogens (tertiary/aromatic N) is 2. The fraction of sp³-hybridized carbons (Fsp3) is 0.556. The standard InChI is InChI=1S/C9H13BrN2O/c1-3-9(13)8(10)4-7-5-11-12(2)6-7/h5-6,8H,3-4H2,1-2H3. The number of aryl methyl sites for hydroxylation is 1. The maximum atomic E-state index is 11.2. The minimum atomic E-state index is -0.0679. The highest BCUT2D eigenvalue weighted by molar-refractivity contribution is 9.10. The van der Waals surface area contributed by atoms with E-state index < -0.39 is 0 Å². The molecule has 0 aliphatic rings. The van der Waals surface area contributed by atoms with Crippen molar-refractivity contribution in [2.24, 2.45) is 7.05 Å². The summed E-state index contributed by atoms with van der Waals surface area (Å²) in [5.74, 6) is 0.240. The molecule has 4 heteroatoms. The number of alkyl halides is 1. The van der Waals surface area contributed by atoms with Crippen LogP contribution in [0, 0.1) is 0 Å². The molecule has 1 unspecified atom stereocenters. The van der Waals surface area contributed by atoms with Crippen LogP contribution in [0.4, 0.5) is 0 Å². The molecule has 0 fully saturated rings. The lowest BCUT2D eigenvalue weighted by Crippen LogP contribution is -2.14. The van der Waals surface area contributed by atoms with Gasteiger partial charge in [-0.15, -0.1) is 0 Å². The Labute approximate surface area is 86.3 Å². The normalized spacial score (nSPS) is 12.8. The molecule has 1 atom stereocenters. The number of halogens is 1. The summed E-state index contributed by atoms with van der Waals surface area (Å²) in [6.07, 6.45) is 5.02. The minimum Gasteiger partial charge on any atom is -0.298 e. The predicted octanol–water partition coefficient (Wildman–Crippen LogP) is 1.71. The van der Waals surface area contributed by atoms with Crippen LogP contribution < -0.4 is 0 Å². The average Bonchev–Trinajstić information content (AvgIpc) is 2.49. The monoisotopic (exact) mass is 244 g/mol. The molecule has 1 heterocycles. The van der Waals surface area contributed by atoms with E-state index in [1.165, 1.54) is 0 Å². The molecule has 0 saturated carbocycles. The second kappa shape index (κ2) is 4.56. The van der Waals surface area contributed by atoms with Crippen LogP contribution in [0.25, 0.3) is 0 Å². The van der Waals surface area contributed by atoms with Crippen LogP contribution in [-0.2, 0) is 18.3 Å². The van der Waals surface area contributed by atoms with Gasteiger partial charge in [0.05, 0.1) is 11.0 Å². The predicted molar refractivity (Wildman–Crippen MR) is 54.9 cm³/mol. The maximum absolute atomic E-state index is 11.2. The minimum absolute atomic E-state index is 0.0679. The first-order chi connectivity index (χ1) is 6.13. The topological polar surface area (TPSA) is 34.9 Å². The summed E-state index contributed by atoms with van der Waals surface area (Å²) in [5, 5.41) is 4.04. The lowest BCUT2D eigenvalue weighted by atomic mass is 10.1. The zero-order valence-corrected chi connectivity index (χ0v) is 9.41. The van der Waals surface area contributed by atoms with Crippen molar-refractivity contribution in [1.82, 2.24) is 9.78 Å². The molecular weight excluding hydrogens is 232 g/mol. The van der Waals surface area contributed by atoms with Gasteiger partial charge in [0.25, 0.3) is 0 Å². The van der Waals surface area contributed by atoms with Crippen molar-refractivity contribution < 1.29 is 4.79 Å². The van der Waals surface area contributed by atoms with Gasteiger partial charge in [0, 0.05) is 19.7 Å². The van der Waals surface area contributed by atoms with Crippen molar-refractivity contribution in [2.75, 3.05) is 0 Å². The molecule has 0 aliphatic heterocycles. The average molecular weight is 245 g/mol. The SMILES string of the molecule is CCC(=O)C(Br)Cc1cnn(C)c1. The summed E-state index contributed by atoms with van der Waals surface area (Å²) in [7, 11) is 1.87. The molecule has 0 radical (unpaired) electrons. The van der Waals surface area contributed by atoms with Crippen LogP contribution in [0.2, 0.25) is 0 Å². The van der Waals surface area contributed by atoms with Crippen molar-refractivity contribution in [3.63, 3.8) is 0 Å². The van der Waals surface area contributed by atoms with Gasteiger partial charge in [-0.05, 0) is 12.0 Å². The molecule has 1 aromatic heterocycles. The highest BCUT2D eigenvalue weighted by Gasteiger charge is 2.13. The largest absolute Gasteiger partial charge is 0.298 e. The third kappa shape index (κ3) is 2.95. The van der Waals surface area contributed by atoms with Crippen molar-refractivity contribution >= 4 is 21.7 Å². The number of carbonyl (C=O) groups is 1. The Balaban J connectivity index is 2.54. The van der Waals surface area contributed by atoms with E-state index in [4.69, 9.17) is 0 Å². The van der Waals surface area contributed by atoms with Gasteiger partial charge in [0.2, 0.25) is 0 Å². The summed E-state index contributed by atoms with van der Waals surface area (Å²) in [5.41, 5.74) is 1.09. The number of hydrogen-bond acceptors (Lipinski definition) is 2. The van der Waals surface area contributed by atoms with E-state index in [1.54, 1.807) is 10.9 Å². The highest BCUT2D eigenvalue weighted by Crippen LogP contribution is 2.11. The van der Waals surface area contributed by atoms with E-state index >= 15 is 0 Å². The van der Waals surface area contributed by atoms with Crippen molar-refractivity contribution in [3.8, 4) is 0 Å². The molecule has 0 aromatic carbocycles. The number of ketones is 1. The van der Waals surface area contributed by atoms with Crippen LogP contribution >= 0.6 is 15.9 Å². The number of rotatable bonds is 4. The van der Waals surface area contributed by atoms with Gasteiger partial charge in [-0.3, -0.25) is 9.48 Å². The van der Waals surface area contributed by atoms with Gasteiger partial charge in [-0.1, -0.05) is 22.9 Å². The van der Waals surface area contributed by atoms with Crippen LogP contribution in [0.15, 0.2) is 12.4 Å². The van der Waals surface area contributed by atoms with Gasteiger partial charge in [0.1, 0.15) is 5.78 Å². The molecule has 0 amide bonds. The van der Waals surface area contributed by atoms with Gasteiger partial charge < -0.3 is 0 Å². The number of Topliss-reactive ketones (excluding diaryl/α,β-unsaturated/α-hetero) is 1. The summed E-state index contributed by atoms with van der Waals surface area (Å²) in [6.45, 7) is 1.87. The third-order valence-corrected chi connectivity index (χ3v) is 2.71. The van der Waals surface area contributed by atoms with Crippen molar-refractivity contribution in [2.45, 2.75) is 24.6 Å². The van der Waals surface area contributed by atoms with E-state index in [9.17, 15) is 4.79 Å². The molecule has 0 N–H and O–H groups in total. The fourth-order valence-electron chi connectivity index (χ4n) is 1.12. The smallest absolute Gasteiger partial charge is 0.146 e.